The zero-order chi connectivity index (χ0) is 13.8. The average molecular weight is 256 g/mol. The van der Waals surface area contributed by atoms with Gasteiger partial charge in [0, 0.05) is 0 Å². The predicted octanol–water partition coefficient (Wildman–Crippen LogP) is 0.328. The van der Waals surface area contributed by atoms with Gasteiger partial charge in [0.1, 0.15) is 10.7 Å². The summed E-state index contributed by atoms with van der Waals surface area (Å²) in [6.45, 7) is 3.89. The van der Waals surface area contributed by atoms with Crippen LogP contribution in [0.15, 0.2) is 39.9 Å². The summed E-state index contributed by atoms with van der Waals surface area (Å²) in [5.41, 5.74) is 0.287. The number of aromatic amines is 2. The van der Waals surface area contributed by atoms with Crippen LogP contribution in [0.2, 0.25) is 0 Å². The molecule has 0 aliphatic heterocycles. The Labute approximate surface area is 110 Å². The van der Waals surface area contributed by atoms with Gasteiger partial charge in [0.15, 0.2) is 0 Å². The zero-order valence-electron chi connectivity index (χ0n) is 10.9. The maximum Gasteiger partial charge on any atom is 0.272 e. The molecular weight excluding hydrogens is 240 g/mol. The van der Waals surface area contributed by atoms with Gasteiger partial charge in [-0.1, -0.05) is 50.3 Å². The lowest BCUT2D eigenvalue weighted by Crippen LogP contribution is -2.47. The third-order valence-corrected chi connectivity index (χ3v) is 2.60. The first-order chi connectivity index (χ1) is 9.06. The van der Waals surface area contributed by atoms with Crippen LogP contribution in [0.3, 0.4) is 0 Å². The molecule has 0 aliphatic rings. The molecule has 0 amide bonds. The summed E-state index contributed by atoms with van der Waals surface area (Å²) in [6.07, 6.45) is 3.38. The number of hydrogen-bond acceptors (Lipinski definition) is 2. The van der Waals surface area contributed by atoms with Gasteiger partial charge < -0.3 is 9.97 Å². The smallest absolute Gasteiger partial charge is 0.272 e. The van der Waals surface area contributed by atoms with Gasteiger partial charge in [0.2, 0.25) is 0 Å². The molecule has 0 unspecified atom stereocenters. The normalized spacial score (nSPS) is 13.2. The minimum absolute atomic E-state index is 0.195. The third-order valence-electron chi connectivity index (χ3n) is 2.60. The first kappa shape index (κ1) is 13.1. The molecule has 1 aromatic carbocycles. The Bertz CT molecular complexity index is 783. The average Bonchev–Trinajstić information content (AvgIpc) is 2.36. The SMILES string of the molecule is CC(C)/C=c1/[nH]c(=O)/c(=C/c2ccccc2)[nH]c1=O. The van der Waals surface area contributed by atoms with Crippen molar-refractivity contribution in [3.63, 3.8) is 0 Å². The Balaban J connectivity index is 2.64. The zero-order valence-corrected chi connectivity index (χ0v) is 10.9. The highest BCUT2D eigenvalue weighted by molar-refractivity contribution is 5.47. The molecule has 0 radical (unpaired) electrons. The molecule has 0 atom stereocenters. The molecule has 2 rings (SSSR count). The molecule has 0 aliphatic carbocycles. The van der Waals surface area contributed by atoms with Crippen molar-refractivity contribution in [1.82, 2.24) is 9.97 Å². The van der Waals surface area contributed by atoms with E-state index >= 15 is 0 Å². The lowest BCUT2D eigenvalue weighted by molar-refractivity contribution is 0.866. The van der Waals surface area contributed by atoms with Crippen molar-refractivity contribution in [3.8, 4) is 0 Å². The summed E-state index contributed by atoms with van der Waals surface area (Å²) < 4.78 is 0. The van der Waals surface area contributed by atoms with Crippen LogP contribution in [0.1, 0.15) is 19.4 Å². The first-order valence-electron chi connectivity index (χ1n) is 6.17. The van der Waals surface area contributed by atoms with Crippen LogP contribution < -0.4 is 21.8 Å². The molecule has 2 aromatic rings. The van der Waals surface area contributed by atoms with Crippen LogP contribution >= 0.6 is 0 Å². The Morgan fingerprint density at radius 2 is 1.53 bits per heavy atom. The topological polar surface area (TPSA) is 65.7 Å². The molecule has 0 saturated carbocycles. The molecule has 0 spiro atoms. The Hall–Kier alpha value is -2.36. The second-order valence-corrected chi connectivity index (χ2v) is 4.70. The molecule has 0 saturated heterocycles. The minimum Gasteiger partial charge on any atom is -0.316 e. The monoisotopic (exact) mass is 256 g/mol. The van der Waals surface area contributed by atoms with E-state index in [1.165, 1.54) is 0 Å². The fourth-order valence-electron chi connectivity index (χ4n) is 1.76. The van der Waals surface area contributed by atoms with Gasteiger partial charge in [-0.2, -0.15) is 0 Å². The molecule has 98 valence electrons. The standard InChI is InChI=1S/C15H16N2O2/c1-10(2)8-12-14(18)17-13(15(19)16-12)9-11-6-4-3-5-7-11/h3-10H,1-2H3,(H,16,19)(H,17,18)/b12-8+,13-9-. The second kappa shape index (κ2) is 5.52. The maximum absolute atomic E-state index is 11.9. The quantitative estimate of drug-likeness (QED) is 0.813. The number of nitrogens with one attached hydrogen (secondary N) is 2. The molecule has 2 N–H and O–H groups in total. The van der Waals surface area contributed by atoms with Crippen LogP contribution in [0, 0.1) is 5.92 Å². The van der Waals surface area contributed by atoms with Gasteiger partial charge in [-0.15, -0.1) is 0 Å². The molecule has 4 heteroatoms. The van der Waals surface area contributed by atoms with Gasteiger partial charge in [-0.3, -0.25) is 9.59 Å². The van der Waals surface area contributed by atoms with Crippen molar-refractivity contribution in [2.24, 2.45) is 5.92 Å². The summed E-state index contributed by atoms with van der Waals surface area (Å²) >= 11 is 0. The largest absolute Gasteiger partial charge is 0.316 e. The van der Waals surface area contributed by atoms with Crippen LogP contribution in [0.25, 0.3) is 12.2 Å². The van der Waals surface area contributed by atoms with Gasteiger partial charge >= 0.3 is 0 Å². The molecule has 1 aromatic heterocycles. The van der Waals surface area contributed by atoms with E-state index in [-0.39, 0.29) is 22.4 Å². The molecule has 0 bridgehead atoms. The summed E-state index contributed by atoms with van der Waals surface area (Å²) in [5, 5.41) is 0.572. The Kier molecular flexibility index (Phi) is 3.80. The molecule has 4 nitrogen and oxygen atoms in total. The number of benzene rings is 1. The lowest BCUT2D eigenvalue weighted by atomic mass is 10.2. The van der Waals surface area contributed by atoms with Gasteiger partial charge in [0.05, 0.1) is 0 Å². The van der Waals surface area contributed by atoms with Crippen LogP contribution in [0.5, 0.6) is 0 Å². The number of aromatic nitrogens is 2. The molecule has 19 heavy (non-hydrogen) atoms. The number of H-pyrrole nitrogens is 2. The Morgan fingerprint density at radius 3 is 2.16 bits per heavy atom. The number of hydrogen-bond donors (Lipinski definition) is 2. The van der Waals surface area contributed by atoms with Gasteiger partial charge in [0.25, 0.3) is 11.1 Å². The van der Waals surface area contributed by atoms with Crippen LogP contribution in [0.4, 0.5) is 0 Å². The number of rotatable bonds is 2. The van der Waals surface area contributed by atoms with Crippen LogP contribution in [-0.4, -0.2) is 9.97 Å². The van der Waals surface area contributed by atoms with E-state index in [9.17, 15) is 9.59 Å². The molecule has 0 fully saturated rings. The van der Waals surface area contributed by atoms with E-state index < -0.39 is 0 Å². The van der Waals surface area contributed by atoms with E-state index in [0.717, 1.165) is 5.56 Å². The highest BCUT2D eigenvalue weighted by Gasteiger charge is 1.96. The summed E-state index contributed by atoms with van der Waals surface area (Å²) in [5.74, 6) is 0.195. The predicted molar refractivity (Wildman–Crippen MR) is 76.2 cm³/mol. The summed E-state index contributed by atoms with van der Waals surface area (Å²) in [6, 6.07) is 9.38. The Morgan fingerprint density at radius 1 is 0.947 bits per heavy atom. The van der Waals surface area contributed by atoms with Crippen molar-refractivity contribution in [2.45, 2.75) is 13.8 Å². The third kappa shape index (κ3) is 3.31. The molecule has 1 heterocycles. The maximum atomic E-state index is 11.9. The fraction of sp³-hybridized carbons (Fsp3) is 0.200. The van der Waals surface area contributed by atoms with Crippen molar-refractivity contribution < 1.29 is 0 Å². The summed E-state index contributed by atoms with van der Waals surface area (Å²) in [4.78, 5) is 29.0. The van der Waals surface area contributed by atoms with Crippen LogP contribution in [-0.2, 0) is 0 Å². The van der Waals surface area contributed by atoms with Crippen molar-refractivity contribution >= 4 is 12.2 Å². The van der Waals surface area contributed by atoms with E-state index in [0.29, 0.717) is 5.35 Å². The fourth-order valence-corrected chi connectivity index (χ4v) is 1.76. The van der Waals surface area contributed by atoms with E-state index in [1.807, 2.05) is 44.2 Å². The van der Waals surface area contributed by atoms with E-state index in [4.69, 9.17) is 0 Å². The van der Waals surface area contributed by atoms with Gasteiger partial charge in [-0.05, 0) is 17.6 Å². The highest BCUT2D eigenvalue weighted by Crippen LogP contribution is 1.97. The minimum atomic E-state index is -0.296. The second-order valence-electron chi connectivity index (χ2n) is 4.70. The van der Waals surface area contributed by atoms with Crippen molar-refractivity contribution in [3.05, 3.63) is 67.3 Å². The first-order valence-corrected chi connectivity index (χ1v) is 6.17. The van der Waals surface area contributed by atoms with Gasteiger partial charge in [-0.25, -0.2) is 0 Å². The van der Waals surface area contributed by atoms with Crippen molar-refractivity contribution in [2.75, 3.05) is 0 Å². The van der Waals surface area contributed by atoms with E-state index in [1.54, 1.807) is 12.2 Å². The lowest BCUT2D eigenvalue weighted by Gasteiger charge is -1.94. The van der Waals surface area contributed by atoms with E-state index in [2.05, 4.69) is 9.97 Å². The van der Waals surface area contributed by atoms with Crippen molar-refractivity contribution in [1.29, 1.82) is 0 Å². The summed E-state index contributed by atoms with van der Waals surface area (Å²) in [7, 11) is 0. The highest BCUT2D eigenvalue weighted by atomic mass is 16.1. The molecular formula is C15H16N2O2.